The Balaban J connectivity index is 3.47. The molecule has 0 aromatic heterocycles. The van der Waals surface area contributed by atoms with E-state index in [4.69, 9.17) is 11.6 Å². The molecule has 1 nitrogen and oxygen atoms in total. The van der Waals surface area contributed by atoms with Crippen LogP contribution in [0.5, 0.6) is 0 Å². The van der Waals surface area contributed by atoms with Gasteiger partial charge in [0, 0.05) is 5.56 Å². The van der Waals surface area contributed by atoms with Crippen molar-refractivity contribution in [3.8, 4) is 0 Å². The first-order valence-corrected chi connectivity index (χ1v) is 5.31. The number of rotatable bonds is 2. The summed E-state index contributed by atoms with van der Waals surface area (Å²) in [5.41, 5.74) is -4.87. The van der Waals surface area contributed by atoms with Gasteiger partial charge in [-0.25, -0.2) is 8.78 Å². The van der Waals surface area contributed by atoms with Gasteiger partial charge in [0.2, 0.25) is 5.60 Å². The van der Waals surface area contributed by atoms with Crippen molar-refractivity contribution in [2.75, 3.05) is 6.67 Å². The first-order valence-electron chi connectivity index (χ1n) is 4.14. The van der Waals surface area contributed by atoms with Gasteiger partial charge in [0.15, 0.2) is 5.82 Å². The molecule has 0 amide bonds. The minimum atomic E-state index is -5.30. The molecule has 17 heavy (non-hydrogen) atoms. The monoisotopic (exact) mass is 338 g/mol. The van der Waals surface area contributed by atoms with E-state index < -0.39 is 34.9 Å². The predicted octanol–water partition coefficient (Wildman–Crippen LogP) is 3.96. The molecule has 0 aliphatic carbocycles. The van der Waals surface area contributed by atoms with Crippen molar-refractivity contribution in [3.63, 3.8) is 0 Å². The molecular formula is C9H5BrClF5O. The van der Waals surface area contributed by atoms with Crippen molar-refractivity contribution < 1.29 is 27.1 Å². The molecule has 0 bridgehead atoms. The Hall–Kier alpha value is -0.400. The SMILES string of the molecule is OC(CF)(c1ccc(Br)c(F)c1Cl)C(F)(F)F. The molecule has 1 unspecified atom stereocenters. The Labute approximate surface area is 106 Å². The third kappa shape index (κ3) is 2.41. The molecule has 1 rings (SSSR count). The quantitative estimate of drug-likeness (QED) is 0.639. The molecule has 0 saturated carbocycles. The first-order chi connectivity index (χ1) is 7.65. The van der Waals surface area contributed by atoms with Crippen molar-refractivity contribution in [1.82, 2.24) is 0 Å². The third-order valence-corrected chi connectivity index (χ3v) is 3.13. The maximum atomic E-state index is 13.3. The van der Waals surface area contributed by atoms with Crippen LogP contribution in [-0.4, -0.2) is 18.0 Å². The highest BCUT2D eigenvalue weighted by molar-refractivity contribution is 9.10. The van der Waals surface area contributed by atoms with Crippen LogP contribution in [0, 0.1) is 5.82 Å². The Morgan fingerprint density at radius 2 is 1.82 bits per heavy atom. The zero-order chi connectivity index (χ0) is 13.4. The minimum Gasteiger partial charge on any atom is -0.374 e. The Bertz CT molecular complexity index is 436. The van der Waals surface area contributed by atoms with Crippen molar-refractivity contribution in [1.29, 1.82) is 0 Å². The predicted molar refractivity (Wildman–Crippen MR) is 55.0 cm³/mol. The lowest BCUT2D eigenvalue weighted by molar-refractivity contribution is -0.271. The summed E-state index contributed by atoms with van der Waals surface area (Å²) in [6, 6.07) is 1.62. The standard InChI is InChI=1S/C9H5BrClF5O/c10-5-2-1-4(6(11)7(5)13)8(17,3-12)9(14,15)16/h1-2,17H,3H2. The lowest BCUT2D eigenvalue weighted by atomic mass is 9.94. The van der Waals surface area contributed by atoms with Gasteiger partial charge in [0.1, 0.15) is 6.67 Å². The van der Waals surface area contributed by atoms with Crippen molar-refractivity contribution in [2.45, 2.75) is 11.8 Å². The van der Waals surface area contributed by atoms with E-state index >= 15 is 0 Å². The summed E-state index contributed by atoms with van der Waals surface area (Å²) in [6.45, 7) is -2.16. The Morgan fingerprint density at radius 1 is 1.29 bits per heavy atom. The maximum Gasteiger partial charge on any atom is 0.424 e. The van der Waals surface area contributed by atoms with Crippen LogP contribution >= 0.6 is 27.5 Å². The number of alkyl halides is 4. The first kappa shape index (κ1) is 14.7. The number of aliphatic hydroxyl groups is 1. The number of benzene rings is 1. The summed E-state index contributed by atoms with van der Waals surface area (Å²) in [6.07, 6.45) is -5.30. The number of halogens is 7. The van der Waals surface area contributed by atoms with Gasteiger partial charge >= 0.3 is 6.18 Å². The van der Waals surface area contributed by atoms with Crippen LogP contribution in [0.1, 0.15) is 5.56 Å². The molecule has 8 heteroatoms. The van der Waals surface area contributed by atoms with Gasteiger partial charge in [0.05, 0.1) is 9.50 Å². The molecule has 0 aliphatic rings. The molecule has 0 aliphatic heterocycles. The zero-order valence-corrected chi connectivity index (χ0v) is 10.3. The molecule has 1 atom stereocenters. The van der Waals surface area contributed by atoms with E-state index in [0.717, 1.165) is 6.07 Å². The smallest absolute Gasteiger partial charge is 0.374 e. The van der Waals surface area contributed by atoms with Crippen LogP contribution in [0.15, 0.2) is 16.6 Å². The fraction of sp³-hybridized carbons (Fsp3) is 0.333. The van der Waals surface area contributed by atoms with Crippen LogP contribution in [0.4, 0.5) is 22.0 Å². The van der Waals surface area contributed by atoms with Gasteiger partial charge < -0.3 is 5.11 Å². The average Bonchev–Trinajstić information content (AvgIpc) is 2.23. The van der Waals surface area contributed by atoms with Crippen LogP contribution in [0.3, 0.4) is 0 Å². The second-order valence-corrected chi connectivity index (χ2v) is 4.45. The molecule has 1 aromatic carbocycles. The van der Waals surface area contributed by atoms with E-state index in [1.54, 1.807) is 0 Å². The molecule has 96 valence electrons. The maximum absolute atomic E-state index is 13.3. The fourth-order valence-corrected chi connectivity index (χ4v) is 1.91. The summed E-state index contributed by atoms with van der Waals surface area (Å²) < 4.78 is 63.1. The van der Waals surface area contributed by atoms with Crippen LogP contribution in [-0.2, 0) is 5.60 Å². The second kappa shape index (κ2) is 4.70. The summed E-state index contributed by atoms with van der Waals surface area (Å²) in [4.78, 5) is 0. The van der Waals surface area contributed by atoms with E-state index in [-0.39, 0.29) is 4.47 Å². The Kier molecular flexibility index (Phi) is 4.05. The van der Waals surface area contributed by atoms with Crippen molar-refractivity contribution >= 4 is 27.5 Å². The largest absolute Gasteiger partial charge is 0.424 e. The lowest BCUT2D eigenvalue weighted by Gasteiger charge is -2.28. The van der Waals surface area contributed by atoms with Gasteiger partial charge in [-0.1, -0.05) is 17.7 Å². The lowest BCUT2D eigenvalue weighted by Crippen LogP contribution is -2.44. The number of hydrogen-bond donors (Lipinski definition) is 1. The van der Waals surface area contributed by atoms with Gasteiger partial charge in [0.25, 0.3) is 0 Å². The van der Waals surface area contributed by atoms with Crippen LogP contribution in [0.25, 0.3) is 0 Å². The van der Waals surface area contributed by atoms with Gasteiger partial charge in [-0.2, -0.15) is 13.2 Å². The normalized spacial score (nSPS) is 15.8. The summed E-state index contributed by atoms with van der Waals surface area (Å²) in [5.74, 6) is -1.19. The van der Waals surface area contributed by atoms with Crippen molar-refractivity contribution in [2.24, 2.45) is 0 Å². The summed E-state index contributed by atoms with van der Waals surface area (Å²) in [5, 5.41) is 8.28. The highest BCUT2D eigenvalue weighted by Gasteiger charge is 2.56. The molecule has 0 heterocycles. The Morgan fingerprint density at radius 3 is 2.24 bits per heavy atom. The second-order valence-electron chi connectivity index (χ2n) is 3.21. The molecule has 0 spiro atoms. The van der Waals surface area contributed by atoms with Gasteiger partial charge in [-0.3, -0.25) is 0 Å². The van der Waals surface area contributed by atoms with Crippen molar-refractivity contribution in [3.05, 3.63) is 33.0 Å². The van der Waals surface area contributed by atoms with Gasteiger partial charge in [-0.05, 0) is 22.0 Å². The summed E-state index contributed by atoms with van der Waals surface area (Å²) in [7, 11) is 0. The minimum absolute atomic E-state index is 0.186. The highest BCUT2D eigenvalue weighted by Crippen LogP contribution is 2.43. The third-order valence-electron chi connectivity index (χ3n) is 2.14. The molecular weight excluding hydrogens is 334 g/mol. The van der Waals surface area contributed by atoms with E-state index in [1.165, 1.54) is 0 Å². The fourth-order valence-electron chi connectivity index (χ4n) is 1.15. The highest BCUT2D eigenvalue weighted by atomic mass is 79.9. The average molecular weight is 339 g/mol. The summed E-state index contributed by atoms with van der Waals surface area (Å²) >= 11 is 8.04. The van der Waals surface area contributed by atoms with E-state index in [2.05, 4.69) is 15.9 Å². The molecule has 0 radical (unpaired) electrons. The molecule has 1 N–H and O–H groups in total. The number of hydrogen-bond acceptors (Lipinski definition) is 1. The van der Waals surface area contributed by atoms with E-state index in [0.29, 0.717) is 6.07 Å². The van der Waals surface area contributed by atoms with Gasteiger partial charge in [-0.15, -0.1) is 0 Å². The molecule has 1 aromatic rings. The van der Waals surface area contributed by atoms with Crippen LogP contribution in [0.2, 0.25) is 5.02 Å². The zero-order valence-electron chi connectivity index (χ0n) is 7.95. The van der Waals surface area contributed by atoms with E-state index in [1.807, 2.05) is 0 Å². The van der Waals surface area contributed by atoms with Crippen LogP contribution < -0.4 is 0 Å². The molecule has 0 fully saturated rings. The molecule has 0 saturated heterocycles. The topological polar surface area (TPSA) is 20.2 Å². The van der Waals surface area contributed by atoms with E-state index in [9.17, 15) is 27.1 Å².